The lowest BCUT2D eigenvalue weighted by molar-refractivity contribution is 0.0780. The predicted molar refractivity (Wildman–Crippen MR) is 79.6 cm³/mol. The van der Waals surface area contributed by atoms with Gasteiger partial charge in [0.05, 0.1) is 6.61 Å². The van der Waals surface area contributed by atoms with E-state index in [1.165, 1.54) is 45.4 Å². The minimum absolute atomic E-state index is 0.799. The summed E-state index contributed by atoms with van der Waals surface area (Å²) in [4.78, 5) is 2.58. The normalized spacial score (nSPS) is 17.2. The molecule has 0 unspecified atom stereocenters. The van der Waals surface area contributed by atoms with E-state index in [0.29, 0.717) is 0 Å². The number of rotatable bonds is 11. The van der Waals surface area contributed by atoms with Crippen molar-refractivity contribution in [2.24, 2.45) is 5.92 Å². The van der Waals surface area contributed by atoms with E-state index in [9.17, 15) is 0 Å². The van der Waals surface area contributed by atoms with Gasteiger partial charge in [-0.25, -0.2) is 0 Å². The second-order valence-electron chi connectivity index (χ2n) is 5.45. The van der Waals surface area contributed by atoms with Gasteiger partial charge in [-0.1, -0.05) is 6.92 Å². The fourth-order valence-corrected chi connectivity index (χ4v) is 2.64. The molecule has 1 heterocycles. The fraction of sp³-hybridized carbons (Fsp3) is 1.00. The first-order valence-electron chi connectivity index (χ1n) is 7.86. The molecule has 1 saturated heterocycles. The van der Waals surface area contributed by atoms with Crippen LogP contribution in [0.1, 0.15) is 32.6 Å². The van der Waals surface area contributed by atoms with E-state index in [2.05, 4.69) is 17.1 Å². The van der Waals surface area contributed by atoms with Gasteiger partial charge in [0.15, 0.2) is 0 Å². The molecular weight excluding hydrogens is 240 g/mol. The Morgan fingerprint density at radius 1 is 1.11 bits per heavy atom. The number of methoxy groups -OCH3 is 1. The van der Waals surface area contributed by atoms with Crippen LogP contribution in [0.15, 0.2) is 0 Å². The number of piperidine rings is 1. The lowest BCUT2D eigenvalue weighted by Crippen LogP contribution is -2.38. The molecule has 114 valence electrons. The Bertz CT molecular complexity index is 197. The van der Waals surface area contributed by atoms with Crippen LogP contribution in [0.2, 0.25) is 0 Å². The maximum atomic E-state index is 5.67. The summed E-state index contributed by atoms with van der Waals surface area (Å²) in [5.41, 5.74) is 0. The number of ether oxygens (including phenoxy) is 2. The zero-order valence-electron chi connectivity index (χ0n) is 12.8. The number of nitrogens with zero attached hydrogens (tertiary/aromatic N) is 1. The van der Waals surface area contributed by atoms with Crippen molar-refractivity contribution in [3.8, 4) is 0 Å². The van der Waals surface area contributed by atoms with E-state index < -0.39 is 0 Å². The standard InChI is InChI=1S/C15H32N2O2/c1-3-9-17(10-13-19-12-4-11-18-2)14-15-5-7-16-8-6-15/h15-16H,3-14H2,1-2H3. The van der Waals surface area contributed by atoms with Crippen molar-refractivity contribution in [1.82, 2.24) is 10.2 Å². The van der Waals surface area contributed by atoms with Gasteiger partial charge in [0, 0.05) is 33.4 Å². The van der Waals surface area contributed by atoms with Crippen LogP contribution in [-0.4, -0.2) is 64.6 Å². The SMILES string of the molecule is CCCN(CCOCCCOC)CC1CCNCC1. The van der Waals surface area contributed by atoms with Crippen molar-refractivity contribution >= 4 is 0 Å². The van der Waals surface area contributed by atoms with Crippen LogP contribution in [-0.2, 0) is 9.47 Å². The summed E-state index contributed by atoms with van der Waals surface area (Å²) in [5, 5.41) is 3.44. The summed E-state index contributed by atoms with van der Waals surface area (Å²) in [6, 6.07) is 0. The van der Waals surface area contributed by atoms with E-state index in [0.717, 1.165) is 38.7 Å². The molecule has 4 heteroatoms. The fourth-order valence-electron chi connectivity index (χ4n) is 2.64. The van der Waals surface area contributed by atoms with Gasteiger partial charge in [0.25, 0.3) is 0 Å². The minimum Gasteiger partial charge on any atom is -0.385 e. The molecule has 0 radical (unpaired) electrons. The highest BCUT2D eigenvalue weighted by molar-refractivity contribution is 4.72. The molecule has 0 aromatic heterocycles. The molecule has 0 bridgehead atoms. The van der Waals surface area contributed by atoms with Gasteiger partial charge in [-0.2, -0.15) is 0 Å². The first-order valence-corrected chi connectivity index (χ1v) is 7.86. The van der Waals surface area contributed by atoms with Gasteiger partial charge in [0.2, 0.25) is 0 Å². The maximum absolute atomic E-state index is 5.67. The summed E-state index contributed by atoms with van der Waals surface area (Å²) in [6.45, 7) is 10.6. The highest BCUT2D eigenvalue weighted by Gasteiger charge is 2.16. The number of nitrogens with one attached hydrogen (secondary N) is 1. The number of hydrogen-bond donors (Lipinski definition) is 1. The second-order valence-corrected chi connectivity index (χ2v) is 5.45. The molecule has 1 fully saturated rings. The Hall–Kier alpha value is -0.160. The molecule has 1 aliphatic rings. The van der Waals surface area contributed by atoms with Gasteiger partial charge in [-0.15, -0.1) is 0 Å². The largest absolute Gasteiger partial charge is 0.385 e. The third-order valence-electron chi connectivity index (χ3n) is 3.70. The molecular formula is C15H32N2O2. The molecule has 0 aliphatic carbocycles. The van der Waals surface area contributed by atoms with E-state index in [1.54, 1.807) is 7.11 Å². The molecule has 0 aromatic rings. The van der Waals surface area contributed by atoms with Crippen LogP contribution in [0.5, 0.6) is 0 Å². The molecule has 0 saturated carbocycles. The van der Waals surface area contributed by atoms with Crippen LogP contribution in [0.3, 0.4) is 0 Å². The van der Waals surface area contributed by atoms with Crippen molar-refractivity contribution in [3.05, 3.63) is 0 Å². The predicted octanol–water partition coefficient (Wildman–Crippen LogP) is 1.75. The van der Waals surface area contributed by atoms with E-state index in [-0.39, 0.29) is 0 Å². The van der Waals surface area contributed by atoms with Crippen LogP contribution >= 0.6 is 0 Å². The molecule has 0 amide bonds. The Balaban J connectivity index is 2.09. The molecule has 1 aliphatic heterocycles. The summed E-state index contributed by atoms with van der Waals surface area (Å²) >= 11 is 0. The van der Waals surface area contributed by atoms with Crippen LogP contribution in [0.4, 0.5) is 0 Å². The van der Waals surface area contributed by atoms with Gasteiger partial charge >= 0.3 is 0 Å². The van der Waals surface area contributed by atoms with E-state index in [1.807, 2.05) is 0 Å². The lowest BCUT2D eigenvalue weighted by Gasteiger charge is -2.29. The average Bonchev–Trinajstić information content (AvgIpc) is 2.44. The highest BCUT2D eigenvalue weighted by Crippen LogP contribution is 2.13. The smallest absolute Gasteiger partial charge is 0.0593 e. The Kier molecular flexibility index (Phi) is 10.4. The van der Waals surface area contributed by atoms with Gasteiger partial charge in [-0.05, 0) is 51.2 Å². The molecule has 1 rings (SSSR count). The molecule has 0 aromatic carbocycles. The minimum atomic E-state index is 0.799. The summed E-state index contributed by atoms with van der Waals surface area (Å²) in [5.74, 6) is 0.876. The average molecular weight is 272 g/mol. The second kappa shape index (κ2) is 11.6. The molecule has 4 nitrogen and oxygen atoms in total. The van der Waals surface area contributed by atoms with Crippen LogP contribution in [0, 0.1) is 5.92 Å². The molecule has 0 spiro atoms. The summed E-state index contributed by atoms with van der Waals surface area (Å²) in [6.07, 6.45) is 4.89. The van der Waals surface area contributed by atoms with Crippen molar-refractivity contribution in [3.63, 3.8) is 0 Å². The van der Waals surface area contributed by atoms with E-state index in [4.69, 9.17) is 9.47 Å². The van der Waals surface area contributed by atoms with Crippen LogP contribution in [0.25, 0.3) is 0 Å². The Morgan fingerprint density at radius 3 is 2.58 bits per heavy atom. The quantitative estimate of drug-likeness (QED) is 0.581. The van der Waals surface area contributed by atoms with Crippen molar-refractivity contribution in [2.75, 3.05) is 59.7 Å². The van der Waals surface area contributed by atoms with Gasteiger partial charge < -0.3 is 19.7 Å². The highest BCUT2D eigenvalue weighted by atomic mass is 16.5. The van der Waals surface area contributed by atoms with Crippen molar-refractivity contribution in [1.29, 1.82) is 0 Å². The van der Waals surface area contributed by atoms with Crippen molar-refractivity contribution < 1.29 is 9.47 Å². The van der Waals surface area contributed by atoms with Gasteiger partial charge in [-0.3, -0.25) is 0 Å². The summed E-state index contributed by atoms with van der Waals surface area (Å²) < 4.78 is 10.7. The summed E-state index contributed by atoms with van der Waals surface area (Å²) in [7, 11) is 1.74. The van der Waals surface area contributed by atoms with Crippen molar-refractivity contribution in [2.45, 2.75) is 32.6 Å². The zero-order chi connectivity index (χ0) is 13.8. The lowest BCUT2D eigenvalue weighted by atomic mass is 9.97. The maximum Gasteiger partial charge on any atom is 0.0593 e. The number of hydrogen-bond acceptors (Lipinski definition) is 4. The topological polar surface area (TPSA) is 33.7 Å². The third kappa shape index (κ3) is 8.58. The van der Waals surface area contributed by atoms with E-state index >= 15 is 0 Å². The first kappa shape index (κ1) is 16.9. The Morgan fingerprint density at radius 2 is 1.89 bits per heavy atom. The Labute approximate surface area is 118 Å². The first-order chi connectivity index (χ1) is 9.36. The molecule has 0 atom stereocenters. The zero-order valence-corrected chi connectivity index (χ0v) is 12.8. The third-order valence-corrected chi connectivity index (χ3v) is 3.70. The monoisotopic (exact) mass is 272 g/mol. The van der Waals surface area contributed by atoms with Gasteiger partial charge in [0.1, 0.15) is 0 Å². The molecule has 19 heavy (non-hydrogen) atoms. The molecule has 1 N–H and O–H groups in total. The van der Waals surface area contributed by atoms with Crippen LogP contribution < -0.4 is 5.32 Å².